The number of fused-ring (bicyclic) bond motifs is 1. The third-order valence-corrected chi connectivity index (χ3v) is 12.0. The molecule has 1 saturated heterocycles. The van der Waals surface area contributed by atoms with E-state index in [4.69, 9.17) is 4.74 Å². The average Bonchev–Trinajstić information content (AvgIpc) is 3.17. The minimum atomic E-state index is -4.06. The van der Waals surface area contributed by atoms with Crippen molar-refractivity contribution in [3.05, 3.63) is 103 Å². The lowest BCUT2D eigenvalue weighted by Gasteiger charge is -2.34. The fraction of sp³-hybridized carbons (Fsp3) is 0.476. The van der Waals surface area contributed by atoms with Crippen molar-refractivity contribution in [3.8, 4) is 0 Å². The Morgan fingerprint density at radius 1 is 0.944 bits per heavy atom. The van der Waals surface area contributed by atoms with Gasteiger partial charge in [-0.15, -0.1) is 6.58 Å². The van der Waals surface area contributed by atoms with Gasteiger partial charge >= 0.3 is 0 Å². The summed E-state index contributed by atoms with van der Waals surface area (Å²) in [5, 5.41) is 30.6. The number of nitrogens with zero attached hydrogens (tertiary/aromatic N) is 1. The van der Waals surface area contributed by atoms with Crippen molar-refractivity contribution in [2.24, 2.45) is 11.8 Å². The molecule has 54 heavy (non-hydrogen) atoms. The van der Waals surface area contributed by atoms with E-state index in [0.717, 1.165) is 24.8 Å². The van der Waals surface area contributed by atoms with E-state index in [1.165, 1.54) is 32.3 Å². The Balaban J connectivity index is 1.32. The Bertz CT molecular complexity index is 1840. The van der Waals surface area contributed by atoms with Gasteiger partial charge in [0.1, 0.15) is 18.2 Å². The number of rotatable bonds is 18. The highest BCUT2D eigenvalue weighted by Crippen LogP contribution is 2.36. The van der Waals surface area contributed by atoms with Gasteiger partial charge in [0.2, 0.25) is 11.8 Å². The summed E-state index contributed by atoms with van der Waals surface area (Å²) in [6.45, 7) is 8.51. The lowest BCUT2D eigenvalue weighted by molar-refractivity contribution is -0.131. The van der Waals surface area contributed by atoms with Crippen LogP contribution in [0.15, 0.2) is 91.5 Å². The molecule has 1 unspecified atom stereocenters. The molecule has 0 bridgehead atoms. The molecule has 5 N–H and O–H groups in total. The summed E-state index contributed by atoms with van der Waals surface area (Å²) in [5.41, 5.74) is 3.22. The molecule has 6 atom stereocenters. The van der Waals surface area contributed by atoms with E-state index in [1.807, 2.05) is 32.0 Å². The van der Waals surface area contributed by atoms with E-state index in [0.29, 0.717) is 12.8 Å². The van der Waals surface area contributed by atoms with Crippen LogP contribution in [0.4, 0.5) is 0 Å². The molecule has 1 aliphatic carbocycles. The number of aliphatic hydroxyl groups excluding tert-OH is 2. The summed E-state index contributed by atoms with van der Waals surface area (Å²) in [7, 11) is -4.06. The van der Waals surface area contributed by atoms with Crippen LogP contribution in [-0.2, 0) is 31.0 Å². The van der Waals surface area contributed by atoms with Crippen LogP contribution in [0.1, 0.15) is 63.5 Å². The maximum absolute atomic E-state index is 14.0. The monoisotopic (exact) mass is 760 g/mol. The fourth-order valence-corrected chi connectivity index (χ4v) is 8.75. The van der Waals surface area contributed by atoms with E-state index in [1.54, 1.807) is 24.3 Å². The summed E-state index contributed by atoms with van der Waals surface area (Å²) in [4.78, 5) is 27.9. The highest BCUT2D eigenvalue weighted by molar-refractivity contribution is 7.87. The molecule has 292 valence electrons. The van der Waals surface area contributed by atoms with Crippen molar-refractivity contribution in [1.29, 1.82) is 0 Å². The van der Waals surface area contributed by atoms with Crippen LogP contribution in [0.25, 0.3) is 16.3 Å². The van der Waals surface area contributed by atoms with Crippen molar-refractivity contribution in [2.75, 3.05) is 26.3 Å². The molecule has 1 fully saturated rings. The second-order valence-electron chi connectivity index (χ2n) is 14.9. The summed E-state index contributed by atoms with van der Waals surface area (Å²) in [6, 6.07) is 20.6. The van der Waals surface area contributed by atoms with E-state index >= 15 is 0 Å². The average molecular weight is 761 g/mol. The molecule has 3 aromatic rings. The minimum Gasteiger partial charge on any atom is -0.390 e. The number of benzene rings is 3. The number of carbonyl (C=O) groups is 2. The Morgan fingerprint density at radius 2 is 1.63 bits per heavy atom. The summed E-state index contributed by atoms with van der Waals surface area (Å²) < 4.78 is 35.9. The number of allylic oxidation sites excluding steroid dienone is 2. The molecule has 1 heterocycles. The third-order valence-electron chi connectivity index (χ3n) is 10.3. The number of ether oxygens (including phenoxy) is 1. The Labute approximate surface area is 320 Å². The SMILES string of the molecule is C=CC[C@H](NC(=O)[C@H](Cc1ccccc1)NS(=O)(=O)N1CCOCC1)C(=O)N[C@@H](CC1CC=C(c2cccc3ccccc23)CC1)[C@@H](O)[C@@H](O)CC(C)C. The minimum absolute atomic E-state index is 0.0529. The molecule has 12 heteroatoms. The predicted molar refractivity (Wildman–Crippen MR) is 212 cm³/mol. The van der Waals surface area contributed by atoms with Gasteiger partial charge in [0, 0.05) is 13.1 Å². The first kappa shape index (κ1) is 41.3. The van der Waals surface area contributed by atoms with Crippen LogP contribution in [0.2, 0.25) is 0 Å². The van der Waals surface area contributed by atoms with Crippen molar-refractivity contribution in [3.63, 3.8) is 0 Å². The van der Waals surface area contributed by atoms with Gasteiger partial charge in [0.05, 0.1) is 25.4 Å². The molecule has 1 aliphatic heterocycles. The van der Waals surface area contributed by atoms with Crippen LogP contribution in [0.3, 0.4) is 0 Å². The second kappa shape index (κ2) is 19.6. The van der Waals surface area contributed by atoms with E-state index in [-0.39, 0.29) is 51.0 Å². The van der Waals surface area contributed by atoms with Gasteiger partial charge in [-0.1, -0.05) is 98.8 Å². The van der Waals surface area contributed by atoms with Crippen LogP contribution in [-0.4, -0.2) is 91.4 Å². The van der Waals surface area contributed by atoms with Gasteiger partial charge in [-0.2, -0.15) is 17.4 Å². The molecule has 0 aromatic heterocycles. The molecule has 0 saturated carbocycles. The number of morpholine rings is 1. The maximum atomic E-state index is 14.0. The van der Waals surface area contributed by atoms with Crippen molar-refractivity contribution in [2.45, 2.75) is 89.1 Å². The van der Waals surface area contributed by atoms with Gasteiger partial charge in [0.15, 0.2) is 0 Å². The van der Waals surface area contributed by atoms with E-state index in [2.05, 4.69) is 58.3 Å². The first-order valence-electron chi connectivity index (χ1n) is 19.1. The number of nitrogens with one attached hydrogen (secondary N) is 3. The van der Waals surface area contributed by atoms with Crippen LogP contribution in [0, 0.1) is 11.8 Å². The maximum Gasteiger partial charge on any atom is 0.280 e. The molecule has 2 aliphatic rings. The Kier molecular flexibility index (Phi) is 15.0. The molecular formula is C42H56N4O7S. The number of hydrogen-bond acceptors (Lipinski definition) is 7. The second-order valence-corrected chi connectivity index (χ2v) is 16.6. The molecule has 5 rings (SSSR count). The highest BCUT2D eigenvalue weighted by atomic mass is 32.2. The third kappa shape index (κ3) is 11.3. The molecule has 11 nitrogen and oxygen atoms in total. The number of hydrogen-bond donors (Lipinski definition) is 5. The predicted octanol–water partition coefficient (Wildman–Crippen LogP) is 4.50. The van der Waals surface area contributed by atoms with Crippen LogP contribution < -0.4 is 15.4 Å². The standard InChI is InChI=1S/C42H56N4O7S/c1-4-11-36(43-42(50)38(28-30-12-6-5-7-13-30)45-54(51,52)46-22-24-53-25-23-46)41(49)44-37(40(48)39(47)26-29(2)3)27-31-18-20-33(21-19-31)35-17-10-15-32-14-8-9-16-34(32)35/h4-10,12-17,20,29,31,36-40,45,47-48H,1,11,18-19,21-28H2,2-3H3,(H,43,50)(H,44,49)/t31?,36-,37-,38-,39-,40+/m0/s1. The molecule has 0 radical (unpaired) electrons. The zero-order valence-corrected chi connectivity index (χ0v) is 32.2. The van der Waals surface area contributed by atoms with E-state index in [9.17, 15) is 28.2 Å². The van der Waals surface area contributed by atoms with Gasteiger partial charge in [-0.05, 0) is 84.3 Å². The highest BCUT2D eigenvalue weighted by Gasteiger charge is 2.35. The quantitative estimate of drug-likeness (QED) is 0.120. The van der Waals surface area contributed by atoms with Gasteiger partial charge < -0.3 is 25.6 Å². The van der Waals surface area contributed by atoms with E-state index < -0.39 is 52.4 Å². The molecule has 3 aromatic carbocycles. The topological polar surface area (TPSA) is 157 Å². The lowest BCUT2D eigenvalue weighted by atomic mass is 9.80. The smallest absolute Gasteiger partial charge is 0.280 e. The zero-order chi connectivity index (χ0) is 38.7. The van der Waals surface area contributed by atoms with Crippen LogP contribution >= 0.6 is 0 Å². The first-order chi connectivity index (χ1) is 25.9. The van der Waals surface area contributed by atoms with Crippen molar-refractivity contribution >= 4 is 38.4 Å². The molecule has 2 amide bonds. The Morgan fingerprint density at radius 3 is 2.31 bits per heavy atom. The fourth-order valence-electron chi connectivity index (χ4n) is 7.42. The largest absolute Gasteiger partial charge is 0.390 e. The summed E-state index contributed by atoms with van der Waals surface area (Å²) in [6.07, 6.45) is 4.74. The normalized spacial score (nSPS) is 19.6. The summed E-state index contributed by atoms with van der Waals surface area (Å²) >= 11 is 0. The van der Waals surface area contributed by atoms with Gasteiger partial charge in [-0.25, -0.2) is 0 Å². The number of aliphatic hydroxyl groups is 2. The zero-order valence-electron chi connectivity index (χ0n) is 31.4. The van der Waals surface area contributed by atoms with Crippen molar-refractivity contribution in [1.82, 2.24) is 19.7 Å². The molecular weight excluding hydrogens is 705 g/mol. The van der Waals surface area contributed by atoms with Gasteiger partial charge in [-0.3, -0.25) is 9.59 Å². The molecule has 0 spiro atoms. The number of carbonyl (C=O) groups excluding carboxylic acids is 2. The Hall–Kier alpha value is -3.91. The summed E-state index contributed by atoms with van der Waals surface area (Å²) in [5.74, 6) is -0.982. The first-order valence-corrected chi connectivity index (χ1v) is 20.5. The lowest BCUT2D eigenvalue weighted by Crippen LogP contribution is -2.59. The number of amides is 2. The van der Waals surface area contributed by atoms with Crippen LogP contribution in [0.5, 0.6) is 0 Å². The van der Waals surface area contributed by atoms with Gasteiger partial charge in [0.25, 0.3) is 10.2 Å². The van der Waals surface area contributed by atoms with Crippen molar-refractivity contribution < 1.29 is 33.0 Å².